The summed E-state index contributed by atoms with van der Waals surface area (Å²) in [6.07, 6.45) is 22.1. The lowest BCUT2D eigenvalue weighted by molar-refractivity contribution is 0.0318. The number of rotatable bonds is 22. The third kappa shape index (κ3) is 16.5. The lowest BCUT2D eigenvalue weighted by atomic mass is 10.1. The predicted octanol–water partition coefficient (Wildman–Crippen LogP) is 9.45. The van der Waals surface area contributed by atoms with Crippen LogP contribution in [0.5, 0.6) is 0 Å². The SMILES string of the molecule is CCCCCCCCCCCCCOC(=O)c1ccc(C(=O)OC(C)CCCCCCCC)cc1. The van der Waals surface area contributed by atoms with Crippen molar-refractivity contribution < 1.29 is 19.1 Å². The molecule has 1 unspecified atom stereocenters. The van der Waals surface area contributed by atoms with Gasteiger partial charge in [-0.1, -0.05) is 110 Å². The highest BCUT2D eigenvalue weighted by atomic mass is 16.5. The average Bonchev–Trinajstić information content (AvgIpc) is 2.86. The van der Waals surface area contributed by atoms with Crippen LogP contribution < -0.4 is 0 Å². The molecule has 0 heterocycles. The molecule has 0 N–H and O–H groups in total. The first-order chi connectivity index (χ1) is 17.1. The second-order valence-electron chi connectivity index (χ2n) is 10.0. The lowest BCUT2D eigenvalue weighted by Gasteiger charge is -2.13. The van der Waals surface area contributed by atoms with Crippen LogP contribution in [0, 0.1) is 0 Å². The second kappa shape index (κ2) is 21.4. The van der Waals surface area contributed by atoms with Gasteiger partial charge in [0.1, 0.15) is 0 Å². The summed E-state index contributed by atoms with van der Waals surface area (Å²) in [5.41, 5.74) is 0.950. The van der Waals surface area contributed by atoms with Crippen molar-refractivity contribution in [1.82, 2.24) is 0 Å². The highest BCUT2D eigenvalue weighted by Crippen LogP contribution is 2.14. The molecular formula is C31H52O4. The van der Waals surface area contributed by atoms with Gasteiger partial charge >= 0.3 is 11.9 Å². The first kappa shape index (κ1) is 31.2. The van der Waals surface area contributed by atoms with Crippen LogP contribution in [0.1, 0.15) is 157 Å². The van der Waals surface area contributed by atoms with E-state index in [1.54, 1.807) is 24.3 Å². The number of esters is 2. The Labute approximate surface area is 215 Å². The van der Waals surface area contributed by atoms with E-state index in [-0.39, 0.29) is 18.0 Å². The van der Waals surface area contributed by atoms with Crippen LogP contribution in [-0.4, -0.2) is 24.6 Å². The molecule has 0 aliphatic carbocycles. The molecule has 200 valence electrons. The van der Waals surface area contributed by atoms with Gasteiger partial charge in [-0.25, -0.2) is 9.59 Å². The molecule has 1 rings (SSSR count). The van der Waals surface area contributed by atoms with Gasteiger partial charge in [-0.05, 0) is 50.5 Å². The first-order valence-electron chi connectivity index (χ1n) is 14.6. The third-order valence-electron chi connectivity index (χ3n) is 6.61. The Balaban J connectivity index is 2.13. The Kier molecular flexibility index (Phi) is 19.1. The number of unbranched alkanes of at least 4 members (excludes halogenated alkanes) is 15. The smallest absolute Gasteiger partial charge is 0.338 e. The largest absolute Gasteiger partial charge is 0.462 e. The second-order valence-corrected chi connectivity index (χ2v) is 10.0. The zero-order chi connectivity index (χ0) is 25.6. The summed E-state index contributed by atoms with van der Waals surface area (Å²) in [5, 5.41) is 0. The van der Waals surface area contributed by atoms with Crippen molar-refractivity contribution in [2.24, 2.45) is 0 Å². The molecule has 0 spiro atoms. The van der Waals surface area contributed by atoms with E-state index in [1.165, 1.54) is 89.9 Å². The predicted molar refractivity (Wildman–Crippen MR) is 146 cm³/mol. The highest BCUT2D eigenvalue weighted by molar-refractivity contribution is 5.93. The number of benzene rings is 1. The standard InChI is InChI=1S/C31H52O4/c1-4-6-8-10-12-13-14-15-16-18-20-26-34-30(32)28-22-24-29(25-23-28)31(33)35-27(3)21-19-17-11-9-7-5-2/h22-25,27H,4-21,26H2,1-3H3. The minimum absolute atomic E-state index is 0.0934. The van der Waals surface area contributed by atoms with Crippen LogP contribution in [0.3, 0.4) is 0 Å². The van der Waals surface area contributed by atoms with Gasteiger partial charge in [0, 0.05) is 0 Å². The zero-order valence-electron chi connectivity index (χ0n) is 23.0. The van der Waals surface area contributed by atoms with Crippen molar-refractivity contribution in [3.63, 3.8) is 0 Å². The van der Waals surface area contributed by atoms with E-state index in [0.29, 0.717) is 17.7 Å². The fourth-order valence-electron chi connectivity index (χ4n) is 4.28. The maximum absolute atomic E-state index is 12.4. The average molecular weight is 489 g/mol. The minimum atomic E-state index is -0.329. The Hall–Kier alpha value is -1.84. The lowest BCUT2D eigenvalue weighted by Crippen LogP contribution is -2.15. The van der Waals surface area contributed by atoms with E-state index in [4.69, 9.17) is 9.47 Å². The van der Waals surface area contributed by atoms with Gasteiger partial charge in [0.2, 0.25) is 0 Å². The van der Waals surface area contributed by atoms with Crippen molar-refractivity contribution in [2.75, 3.05) is 6.61 Å². The molecule has 4 nitrogen and oxygen atoms in total. The maximum atomic E-state index is 12.4. The van der Waals surface area contributed by atoms with Gasteiger partial charge in [-0.3, -0.25) is 0 Å². The summed E-state index contributed by atoms with van der Waals surface area (Å²) in [7, 11) is 0. The van der Waals surface area contributed by atoms with Crippen molar-refractivity contribution >= 4 is 11.9 Å². The summed E-state index contributed by atoms with van der Waals surface area (Å²) in [6, 6.07) is 6.60. The Morgan fingerprint density at radius 2 is 1.00 bits per heavy atom. The van der Waals surface area contributed by atoms with Crippen LogP contribution in [-0.2, 0) is 9.47 Å². The quantitative estimate of drug-likeness (QED) is 0.120. The van der Waals surface area contributed by atoms with E-state index in [0.717, 1.165) is 25.7 Å². The first-order valence-corrected chi connectivity index (χ1v) is 14.6. The van der Waals surface area contributed by atoms with Gasteiger partial charge < -0.3 is 9.47 Å². The topological polar surface area (TPSA) is 52.6 Å². The van der Waals surface area contributed by atoms with Crippen LogP contribution >= 0.6 is 0 Å². The summed E-state index contributed by atoms with van der Waals surface area (Å²) in [6.45, 7) is 6.88. The molecule has 0 saturated heterocycles. The molecule has 1 atom stereocenters. The molecule has 0 saturated carbocycles. The fraction of sp³-hybridized carbons (Fsp3) is 0.742. The number of hydrogen-bond acceptors (Lipinski definition) is 4. The fourth-order valence-corrected chi connectivity index (χ4v) is 4.28. The van der Waals surface area contributed by atoms with Crippen LogP contribution in [0.4, 0.5) is 0 Å². The summed E-state index contributed by atoms with van der Waals surface area (Å²) >= 11 is 0. The molecule has 0 amide bonds. The van der Waals surface area contributed by atoms with E-state index in [9.17, 15) is 9.59 Å². The molecule has 0 bridgehead atoms. The Morgan fingerprint density at radius 1 is 0.600 bits per heavy atom. The third-order valence-corrected chi connectivity index (χ3v) is 6.61. The Morgan fingerprint density at radius 3 is 1.49 bits per heavy atom. The van der Waals surface area contributed by atoms with Gasteiger partial charge in [-0.15, -0.1) is 0 Å². The van der Waals surface area contributed by atoms with E-state index >= 15 is 0 Å². The molecule has 0 aliphatic heterocycles. The number of carbonyl (C=O) groups is 2. The van der Waals surface area contributed by atoms with E-state index < -0.39 is 0 Å². The summed E-state index contributed by atoms with van der Waals surface area (Å²) in [4.78, 5) is 24.6. The van der Waals surface area contributed by atoms with Crippen molar-refractivity contribution in [2.45, 2.75) is 142 Å². The van der Waals surface area contributed by atoms with Gasteiger partial charge in [-0.2, -0.15) is 0 Å². The number of ether oxygens (including phenoxy) is 2. The van der Waals surface area contributed by atoms with Gasteiger partial charge in [0.05, 0.1) is 23.8 Å². The zero-order valence-corrected chi connectivity index (χ0v) is 23.0. The molecule has 1 aromatic rings. The molecule has 0 aromatic heterocycles. The van der Waals surface area contributed by atoms with Crippen molar-refractivity contribution in [3.8, 4) is 0 Å². The summed E-state index contributed by atoms with van der Waals surface area (Å²) in [5.74, 6) is -0.655. The summed E-state index contributed by atoms with van der Waals surface area (Å²) < 4.78 is 11.0. The van der Waals surface area contributed by atoms with E-state index in [1.807, 2.05) is 6.92 Å². The maximum Gasteiger partial charge on any atom is 0.338 e. The molecule has 4 heteroatoms. The Bertz CT molecular complexity index is 652. The molecule has 0 fully saturated rings. The van der Waals surface area contributed by atoms with Crippen LogP contribution in [0.2, 0.25) is 0 Å². The molecule has 0 radical (unpaired) electrons. The number of hydrogen-bond donors (Lipinski definition) is 0. The molecule has 0 aliphatic rings. The van der Waals surface area contributed by atoms with E-state index in [2.05, 4.69) is 13.8 Å². The molecular weight excluding hydrogens is 436 g/mol. The normalized spacial score (nSPS) is 11.9. The van der Waals surface area contributed by atoms with Gasteiger partial charge in [0.15, 0.2) is 0 Å². The molecule has 35 heavy (non-hydrogen) atoms. The van der Waals surface area contributed by atoms with Crippen molar-refractivity contribution in [3.05, 3.63) is 35.4 Å². The van der Waals surface area contributed by atoms with Gasteiger partial charge in [0.25, 0.3) is 0 Å². The van der Waals surface area contributed by atoms with Crippen LogP contribution in [0.15, 0.2) is 24.3 Å². The van der Waals surface area contributed by atoms with Crippen LogP contribution in [0.25, 0.3) is 0 Å². The monoisotopic (exact) mass is 488 g/mol. The number of carbonyl (C=O) groups excluding carboxylic acids is 2. The minimum Gasteiger partial charge on any atom is -0.462 e. The highest BCUT2D eigenvalue weighted by Gasteiger charge is 2.14. The molecule has 1 aromatic carbocycles. The van der Waals surface area contributed by atoms with Crippen molar-refractivity contribution in [1.29, 1.82) is 0 Å².